The minimum absolute atomic E-state index is 0.0819. The summed E-state index contributed by atoms with van der Waals surface area (Å²) in [6.45, 7) is 5.16. The summed E-state index contributed by atoms with van der Waals surface area (Å²) in [7, 11) is -4.04. The summed E-state index contributed by atoms with van der Waals surface area (Å²) in [4.78, 5) is 23.7. The molecule has 0 aliphatic carbocycles. The van der Waals surface area contributed by atoms with Crippen molar-refractivity contribution in [2.24, 2.45) is 0 Å². The summed E-state index contributed by atoms with van der Waals surface area (Å²) in [5.74, 6) is 0.188. The Hall–Kier alpha value is -3.14. The lowest BCUT2D eigenvalue weighted by Crippen LogP contribution is -2.41. The summed E-state index contributed by atoms with van der Waals surface area (Å²) in [6.07, 6.45) is -0.218. The van der Waals surface area contributed by atoms with Gasteiger partial charge in [0.05, 0.1) is 27.7 Å². The molecule has 10 heteroatoms. The molecule has 1 heterocycles. The summed E-state index contributed by atoms with van der Waals surface area (Å²) >= 11 is 0. The Bertz CT molecular complexity index is 1070. The van der Waals surface area contributed by atoms with Gasteiger partial charge >= 0.3 is 0 Å². The second kappa shape index (κ2) is 7.12. The summed E-state index contributed by atoms with van der Waals surface area (Å²) in [6, 6.07) is 8.15. The first-order valence-electron chi connectivity index (χ1n) is 8.45. The minimum Gasteiger partial charge on any atom is -0.487 e. The number of non-ortho nitro benzene ring substituents is 1. The fourth-order valence-electron chi connectivity index (χ4n) is 2.92. The predicted molar refractivity (Wildman–Crippen MR) is 103 cm³/mol. The Kier molecular flexibility index (Phi) is 4.99. The van der Waals surface area contributed by atoms with E-state index in [9.17, 15) is 23.3 Å². The van der Waals surface area contributed by atoms with Crippen LogP contribution in [0.2, 0.25) is 0 Å². The van der Waals surface area contributed by atoms with Gasteiger partial charge in [0.25, 0.3) is 15.7 Å². The van der Waals surface area contributed by atoms with E-state index in [1.165, 1.54) is 42.2 Å². The highest BCUT2D eigenvalue weighted by Gasteiger charge is 2.28. The first-order chi connectivity index (χ1) is 13.1. The monoisotopic (exact) mass is 405 g/mol. The molecule has 1 aliphatic rings. The lowest BCUT2D eigenvalue weighted by molar-refractivity contribution is -0.384. The lowest BCUT2D eigenvalue weighted by Gasteiger charge is -2.33. The van der Waals surface area contributed by atoms with Gasteiger partial charge in [-0.05, 0) is 37.6 Å². The van der Waals surface area contributed by atoms with E-state index < -0.39 is 14.9 Å². The normalized spacial score (nSPS) is 16.1. The van der Waals surface area contributed by atoms with Crippen LogP contribution in [0.4, 0.5) is 17.1 Å². The average Bonchev–Trinajstić information content (AvgIpc) is 2.61. The molecule has 0 fully saturated rings. The molecule has 3 rings (SSSR count). The van der Waals surface area contributed by atoms with Crippen molar-refractivity contribution in [1.82, 2.24) is 0 Å². The molecule has 9 nitrogen and oxygen atoms in total. The molecule has 0 saturated carbocycles. The van der Waals surface area contributed by atoms with Crippen molar-refractivity contribution in [2.75, 3.05) is 16.2 Å². The molecule has 1 aliphatic heterocycles. The smallest absolute Gasteiger partial charge is 0.271 e. The van der Waals surface area contributed by atoms with Crippen LogP contribution in [0.1, 0.15) is 19.4 Å². The minimum atomic E-state index is -4.04. The van der Waals surface area contributed by atoms with Crippen molar-refractivity contribution in [3.63, 3.8) is 0 Å². The van der Waals surface area contributed by atoms with E-state index in [4.69, 9.17) is 4.74 Å². The van der Waals surface area contributed by atoms with Gasteiger partial charge in [0, 0.05) is 19.1 Å². The van der Waals surface area contributed by atoms with Gasteiger partial charge in [0.15, 0.2) is 0 Å². The maximum Gasteiger partial charge on any atom is 0.271 e. The lowest BCUT2D eigenvalue weighted by atomic mass is 10.2. The van der Waals surface area contributed by atoms with E-state index in [1.54, 1.807) is 6.92 Å². The molecule has 1 N–H and O–H groups in total. The van der Waals surface area contributed by atoms with Crippen LogP contribution in [0.25, 0.3) is 0 Å². The topological polar surface area (TPSA) is 119 Å². The molecule has 1 atom stereocenters. The van der Waals surface area contributed by atoms with Crippen molar-refractivity contribution in [1.29, 1.82) is 0 Å². The quantitative estimate of drug-likeness (QED) is 0.617. The van der Waals surface area contributed by atoms with E-state index in [1.807, 2.05) is 6.92 Å². The van der Waals surface area contributed by atoms with Crippen LogP contribution in [0.3, 0.4) is 0 Å². The number of aryl methyl sites for hydroxylation is 1. The molecule has 0 radical (unpaired) electrons. The number of carbonyl (C=O) groups excluding carboxylic acids is 1. The Morgan fingerprint density at radius 2 is 2.00 bits per heavy atom. The van der Waals surface area contributed by atoms with Crippen LogP contribution in [-0.2, 0) is 14.8 Å². The summed E-state index contributed by atoms with van der Waals surface area (Å²) < 4.78 is 33.7. The van der Waals surface area contributed by atoms with E-state index >= 15 is 0 Å². The molecule has 0 saturated heterocycles. The number of ether oxygens (including phenoxy) is 1. The van der Waals surface area contributed by atoms with E-state index in [0.29, 0.717) is 23.5 Å². The highest BCUT2D eigenvalue weighted by atomic mass is 32.2. The summed E-state index contributed by atoms with van der Waals surface area (Å²) in [5, 5.41) is 11.0. The second-order valence-corrected chi connectivity index (χ2v) is 8.23. The van der Waals surface area contributed by atoms with Gasteiger partial charge in [-0.3, -0.25) is 19.6 Å². The number of sulfonamides is 1. The van der Waals surface area contributed by atoms with Crippen LogP contribution in [0.5, 0.6) is 5.75 Å². The SMILES string of the molecule is CC(=O)N1CC(C)Oc2ccc(S(=O)(=O)Nc3cc([N+](=O)[O-])ccc3C)cc21. The molecule has 2 aromatic carbocycles. The number of benzene rings is 2. The zero-order chi connectivity index (χ0) is 20.6. The highest BCUT2D eigenvalue weighted by Crippen LogP contribution is 2.36. The number of nitrogens with zero attached hydrogens (tertiary/aromatic N) is 2. The van der Waals surface area contributed by atoms with Gasteiger partial charge in [0.2, 0.25) is 5.91 Å². The molecule has 2 aromatic rings. The fraction of sp³-hybridized carbons (Fsp3) is 0.278. The van der Waals surface area contributed by atoms with Crippen molar-refractivity contribution < 1.29 is 22.9 Å². The average molecular weight is 405 g/mol. The molecule has 0 aromatic heterocycles. The van der Waals surface area contributed by atoms with E-state index in [2.05, 4.69) is 4.72 Å². The first-order valence-corrected chi connectivity index (χ1v) is 9.93. The number of nitrogens with one attached hydrogen (secondary N) is 1. The Labute approximate surface area is 162 Å². The van der Waals surface area contributed by atoms with Crippen molar-refractivity contribution in [3.05, 3.63) is 52.1 Å². The third kappa shape index (κ3) is 3.77. The Balaban J connectivity index is 2.00. The van der Waals surface area contributed by atoms with Crippen molar-refractivity contribution in [2.45, 2.75) is 31.8 Å². The number of nitro groups is 1. The zero-order valence-corrected chi connectivity index (χ0v) is 16.3. The van der Waals surface area contributed by atoms with Gasteiger partial charge in [-0.15, -0.1) is 0 Å². The third-order valence-corrected chi connectivity index (χ3v) is 5.72. The maximum atomic E-state index is 12.8. The van der Waals surface area contributed by atoms with Gasteiger partial charge in [0.1, 0.15) is 11.9 Å². The standard InChI is InChI=1S/C18H19N3O6S/c1-11-4-5-14(21(23)24)8-16(11)19-28(25,26)15-6-7-18-17(9-15)20(13(3)22)10-12(2)27-18/h4-9,12,19H,10H2,1-3H3. The molecular formula is C18H19N3O6S. The zero-order valence-electron chi connectivity index (χ0n) is 15.5. The van der Waals surface area contributed by atoms with E-state index in [-0.39, 0.29) is 28.3 Å². The van der Waals surface area contributed by atoms with Crippen LogP contribution < -0.4 is 14.4 Å². The predicted octanol–water partition coefficient (Wildman–Crippen LogP) is 2.84. The van der Waals surface area contributed by atoms with E-state index in [0.717, 1.165) is 6.07 Å². The molecule has 1 amide bonds. The third-order valence-electron chi connectivity index (χ3n) is 4.36. The number of amides is 1. The number of fused-ring (bicyclic) bond motifs is 1. The first kappa shape index (κ1) is 19.6. The van der Waals surface area contributed by atoms with Crippen molar-refractivity contribution in [3.8, 4) is 5.75 Å². The Morgan fingerprint density at radius 3 is 2.64 bits per heavy atom. The van der Waals surface area contributed by atoms with Gasteiger partial charge < -0.3 is 9.64 Å². The van der Waals surface area contributed by atoms with Crippen LogP contribution in [0, 0.1) is 17.0 Å². The molecular weight excluding hydrogens is 386 g/mol. The number of hydrogen-bond acceptors (Lipinski definition) is 6. The number of anilines is 2. The fourth-order valence-corrected chi connectivity index (χ4v) is 4.06. The molecule has 148 valence electrons. The number of nitro benzene ring substituents is 1. The number of hydrogen-bond donors (Lipinski definition) is 1. The van der Waals surface area contributed by atoms with Gasteiger partial charge in [-0.25, -0.2) is 8.42 Å². The highest BCUT2D eigenvalue weighted by molar-refractivity contribution is 7.92. The second-order valence-electron chi connectivity index (χ2n) is 6.55. The van der Waals surface area contributed by atoms with Crippen LogP contribution in [0.15, 0.2) is 41.3 Å². The maximum absolute atomic E-state index is 12.8. The van der Waals surface area contributed by atoms with Gasteiger partial charge in [-0.2, -0.15) is 0 Å². The molecule has 1 unspecified atom stereocenters. The molecule has 0 spiro atoms. The largest absolute Gasteiger partial charge is 0.487 e. The number of rotatable bonds is 4. The van der Waals surface area contributed by atoms with Crippen molar-refractivity contribution >= 4 is 33.0 Å². The number of carbonyl (C=O) groups is 1. The van der Waals surface area contributed by atoms with Gasteiger partial charge in [-0.1, -0.05) is 6.07 Å². The van der Waals surface area contributed by atoms with Crippen LogP contribution in [-0.4, -0.2) is 31.9 Å². The molecule has 0 bridgehead atoms. The Morgan fingerprint density at radius 1 is 1.29 bits per heavy atom. The molecule has 28 heavy (non-hydrogen) atoms. The summed E-state index contributed by atoms with van der Waals surface area (Å²) in [5.41, 5.74) is 0.790. The van der Waals surface area contributed by atoms with Crippen LogP contribution >= 0.6 is 0 Å².